The van der Waals surface area contributed by atoms with Gasteiger partial charge in [0, 0.05) is 18.4 Å². The van der Waals surface area contributed by atoms with Crippen molar-refractivity contribution in [2.24, 2.45) is 17.6 Å². The van der Waals surface area contributed by atoms with Gasteiger partial charge in [-0.15, -0.1) is 0 Å². The highest BCUT2D eigenvalue weighted by Crippen LogP contribution is 2.39. The molecule has 3 atom stereocenters. The summed E-state index contributed by atoms with van der Waals surface area (Å²) in [5, 5.41) is 0. The van der Waals surface area contributed by atoms with E-state index in [1.165, 1.54) is 32.1 Å². The largest absolute Gasteiger partial charge is 0.332 e. The van der Waals surface area contributed by atoms with Crippen LogP contribution >= 0.6 is 0 Å². The molecule has 2 N–H and O–H groups in total. The number of nitrogens with two attached hydrogens (primary N) is 1. The van der Waals surface area contributed by atoms with E-state index in [2.05, 4.69) is 29.6 Å². The van der Waals surface area contributed by atoms with Crippen LogP contribution in [-0.2, 0) is 0 Å². The fourth-order valence-corrected chi connectivity index (χ4v) is 3.32. The Kier molecular flexibility index (Phi) is 4.21. The van der Waals surface area contributed by atoms with Gasteiger partial charge >= 0.3 is 0 Å². The molecule has 1 aromatic heterocycles. The lowest BCUT2D eigenvalue weighted by atomic mass is 9.76. The second-order valence-electron chi connectivity index (χ2n) is 5.41. The Hall–Kier alpha value is -0.830. The standard InChI is InChI=1S/C14H25N3/c1-3-4-12-5-6-13(10-15)14(9-12)17-8-7-16-11(17)2/h7-8,12-14H,3-6,9-10,15H2,1-2H3. The quantitative estimate of drug-likeness (QED) is 0.872. The summed E-state index contributed by atoms with van der Waals surface area (Å²) in [4.78, 5) is 4.35. The zero-order chi connectivity index (χ0) is 12.3. The van der Waals surface area contributed by atoms with E-state index in [1.54, 1.807) is 0 Å². The van der Waals surface area contributed by atoms with Gasteiger partial charge in [-0.05, 0) is 44.6 Å². The number of aromatic nitrogens is 2. The van der Waals surface area contributed by atoms with Gasteiger partial charge in [0.15, 0.2) is 0 Å². The predicted octanol–water partition coefficient (Wildman–Crippen LogP) is 2.91. The molecule has 0 bridgehead atoms. The fraction of sp³-hybridized carbons (Fsp3) is 0.786. The number of rotatable bonds is 4. The molecule has 1 aliphatic carbocycles. The third-order valence-electron chi connectivity index (χ3n) is 4.28. The van der Waals surface area contributed by atoms with Crippen molar-refractivity contribution in [1.82, 2.24) is 9.55 Å². The summed E-state index contributed by atoms with van der Waals surface area (Å²) in [7, 11) is 0. The van der Waals surface area contributed by atoms with Crippen LogP contribution in [0.4, 0.5) is 0 Å². The van der Waals surface area contributed by atoms with E-state index in [4.69, 9.17) is 5.73 Å². The monoisotopic (exact) mass is 235 g/mol. The van der Waals surface area contributed by atoms with Gasteiger partial charge < -0.3 is 10.3 Å². The van der Waals surface area contributed by atoms with Crippen molar-refractivity contribution < 1.29 is 0 Å². The molecule has 0 radical (unpaired) electrons. The molecule has 0 spiro atoms. The summed E-state index contributed by atoms with van der Waals surface area (Å²) < 4.78 is 2.35. The third-order valence-corrected chi connectivity index (χ3v) is 4.28. The maximum Gasteiger partial charge on any atom is 0.105 e. The molecule has 3 unspecified atom stereocenters. The number of hydrogen-bond donors (Lipinski definition) is 1. The SMILES string of the molecule is CCCC1CCC(CN)C(n2ccnc2C)C1. The zero-order valence-electron chi connectivity index (χ0n) is 11.1. The first-order chi connectivity index (χ1) is 8.26. The van der Waals surface area contributed by atoms with Gasteiger partial charge in [0.25, 0.3) is 0 Å². The summed E-state index contributed by atoms with van der Waals surface area (Å²) in [6.07, 6.45) is 10.6. The molecule has 1 heterocycles. The first-order valence-corrected chi connectivity index (χ1v) is 6.95. The topological polar surface area (TPSA) is 43.8 Å². The smallest absolute Gasteiger partial charge is 0.105 e. The van der Waals surface area contributed by atoms with Gasteiger partial charge in [0.2, 0.25) is 0 Å². The highest BCUT2D eigenvalue weighted by atomic mass is 15.1. The van der Waals surface area contributed by atoms with Crippen molar-refractivity contribution >= 4 is 0 Å². The lowest BCUT2D eigenvalue weighted by Gasteiger charge is -2.37. The molecular formula is C14H25N3. The fourth-order valence-electron chi connectivity index (χ4n) is 3.32. The van der Waals surface area contributed by atoms with E-state index in [-0.39, 0.29) is 0 Å². The molecule has 0 amide bonds. The van der Waals surface area contributed by atoms with Crippen LogP contribution in [0.1, 0.15) is 50.9 Å². The van der Waals surface area contributed by atoms with Crippen molar-refractivity contribution in [2.45, 2.75) is 52.0 Å². The van der Waals surface area contributed by atoms with Gasteiger partial charge in [0.1, 0.15) is 5.82 Å². The molecule has 1 aliphatic rings. The zero-order valence-corrected chi connectivity index (χ0v) is 11.1. The minimum absolute atomic E-state index is 0.577. The third kappa shape index (κ3) is 2.71. The summed E-state index contributed by atoms with van der Waals surface area (Å²) in [6, 6.07) is 0.577. The minimum atomic E-state index is 0.577. The Balaban J connectivity index is 2.13. The molecule has 17 heavy (non-hydrogen) atoms. The molecule has 0 aliphatic heterocycles. The van der Waals surface area contributed by atoms with Crippen LogP contribution in [0.5, 0.6) is 0 Å². The Labute approximate surface area is 104 Å². The van der Waals surface area contributed by atoms with Crippen molar-refractivity contribution in [1.29, 1.82) is 0 Å². The normalized spacial score (nSPS) is 29.5. The molecule has 1 aromatic rings. The van der Waals surface area contributed by atoms with Crippen molar-refractivity contribution in [3.63, 3.8) is 0 Å². The summed E-state index contributed by atoms with van der Waals surface area (Å²) in [5.41, 5.74) is 5.94. The lowest BCUT2D eigenvalue weighted by molar-refractivity contribution is 0.178. The van der Waals surface area contributed by atoms with Crippen LogP contribution in [0, 0.1) is 18.8 Å². The molecule has 96 valence electrons. The number of aryl methyl sites for hydroxylation is 1. The Morgan fingerprint density at radius 3 is 2.88 bits per heavy atom. The lowest BCUT2D eigenvalue weighted by Crippen LogP contribution is -2.32. The average molecular weight is 235 g/mol. The van der Waals surface area contributed by atoms with E-state index in [0.29, 0.717) is 12.0 Å². The Morgan fingerprint density at radius 1 is 1.47 bits per heavy atom. The van der Waals surface area contributed by atoms with Crippen LogP contribution in [0.2, 0.25) is 0 Å². The van der Waals surface area contributed by atoms with Crippen LogP contribution in [0.25, 0.3) is 0 Å². The molecule has 2 rings (SSSR count). The van der Waals surface area contributed by atoms with Crippen LogP contribution in [0.3, 0.4) is 0 Å². The molecule has 0 aromatic carbocycles. The van der Waals surface area contributed by atoms with Crippen LogP contribution in [-0.4, -0.2) is 16.1 Å². The number of hydrogen-bond acceptors (Lipinski definition) is 2. The second kappa shape index (κ2) is 5.67. The van der Waals surface area contributed by atoms with Gasteiger partial charge in [-0.1, -0.05) is 19.8 Å². The predicted molar refractivity (Wildman–Crippen MR) is 70.8 cm³/mol. The van der Waals surface area contributed by atoms with E-state index in [9.17, 15) is 0 Å². The van der Waals surface area contributed by atoms with Gasteiger partial charge in [-0.25, -0.2) is 4.98 Å². The van der Waals surface area contributed by atoms with Gasteiger partial charge in [-0.3, -0.25) is 0 Å². The van der Waals surface area contributed by atoms with Gasteiger partial charge in [0.05, 0.1) is 0 Å². The van der Waals surface area contributed by atoms with E-state index in [0.717, 1.165) is 18.3 Å². The summed E-state index contributed by atoms with van der Waals surface area (Å²) >= 11 is 0. The van der Waals surface area contributed by atoms with Crippen molar-refractivity contribution in [3.05, 3.63) is 18.2 Å². The van der Waals surface area contributed by atoms with Crippen molar-refractivity contribution in [3.8, 4) is 0 Å². The molecular weight excluding hydrogens is 210 g/mol. The number of nitrogens with zero attached hydrogens (tertiary/aromatic N) is 2. The van der Waals surface area contributed by atoms with E-state index in [1.807, 2.05) is 6.20 Å². The second-order valence-corrected chi connectivity index (χ2v) is 5.41. The molecule has 1 saturated carbocycles. The minimum Gasteiger partial charge on any atom is -0.332 e. The van der Waals surface area contributed by atoms with E-state index >= 15 is 0 Å². The molecule has 1 fully saturated rings. The first-order valence-electron chi connectivity index (χ1n) is 6.95. The first kappa shape index (κ1) is 12.6. The average Bonchev–Trinajstić information content (AvgIpc) is 2.76. The van der Waals surface area contributed by atoms with E-state index < -0.39 is 0 Å². The summed E-state index contributed by atoms with van der Waals surface area (Å²) in [5.74, 6) is 2.65. The summed E-state index contributed by atoms with van der Waals surface area (Å²) in [6.45, 7) is 5.19. The Bertz CT molecular complexity index is 345. The highest BCUT2D eigenvalue weighted by molar-refractivity contribution is 4.96. The maximum absolute atomic E-state index is 5.94. The number of imidazole rings is 1. The molecule has 0 saturated heterocycles. The molecule has 3 heteroatoms. The Morgan fingerprint density at radius 2 is 2.29 bits per heavy atom. The maximum atomic E-state index is 5.94. The molecule has 3 nitrogen and oxygen atoms in total. The van der Waals surface area contributed by atoms with Crippen molar-refractivity contribution in [2.75, 3.05) is 6.54 Å². The highest BCUT2D eigenvalue weighted by Gasteiger charge is 2.30. The van der Waals surface area contributed by atoms with Crippen LogP contribution < -0.4 is 5.73 Å². The van der Waals surface area contributed by atoms with Gasteiger partial charge in [-0.2, -0.15) is 0 Å². The van der Waals surface area contributed by atoms with Crippen LogP contribution in [0.15, 0.2) is 12.4 Å².